The average Bonchev–Trinajstić information content (AvgIpc) is 2.56. The Bertz CT molecular complexity index is 574. The summed E-state index contributed by atoms with van der Waals surface area (Å²) in [6, 6.07) is 7.87. The summed E-state index contributed by atoms with van der Waals surface area (Å²) in [6.07, 6.45) is 0.352. The predicted octanol–water partition coefficient (Wildman–Crippen LogP) is 2.44. The van der Waals surface area contributed by atoms with Gasteiger partial charge >= 0.3 is 7.12 Å². The van der Waals surface area contributed by atoms with Crippen LogP contribution in [0.5, 0.6) is 0 Å². The summed E-state index contributed by atoms with van der Waals surface area (Å²) in [5, 5.41) is 2.98. The largest absolute Gasteiger partial charge is 0.494 e. The Morgan fingerprint density at radius 3 is 2.22 bits per heavy atom. The SMILES string of the molecule is CC(C)(C)NC(=O)Cc1cccc(B2OC(C)(C)C(C)(C)O2)c1. The molecule has 126 valence electrons. The first-order valence-corrected chi connectivity index (χ1v) is 8.15. The topological polar surface area (TPSA) is 47.6 Å². The Balaban J connectivity index is 2.11. The Morgan fingerprint density at radius 1 is 1.13 bits per heavy atom. The van der Waals surface area contributed by atoms with E-state index in [2.05, 4.69) is 5.32 Å². The molecule has 0 aliphatic carbocycles. The van der Waals surface area contributed by atoms with Crippen LogP contribution in [-0.4, -0.2) is 29.8 Å². The molecule has 1 heterocycles. The number of carbonyl (C=O) groups is 1. The second kappa shape index (κ2) is 5.95. The van der Waals surface area contributed by atoms with E-state index >= 15 is 0 Å². The first-order valence-electron chi connectivity index (χ1n) is 8.15. The third kappa shape index (κ3) is 4.36. The van der Waals surface area contributed by atoms with Crippen molar-refractivity contribution in [1.29, 1.82) is 0 Å². The average molecular weight is 317 g/mol. The lowest BCUT2D eigenvalue weighted by atomic mass is 9.78. The maximum absolute atomic E-state index is 12.1. The van der Waals surface area contributed by atoms with Crippen molar-refractivity contribution in [2.45, 2.75) is 71.6 Å². The molecule has 1 aromatic rings. The van der Waals surface area contributed by atoms with Gasteiger partial charge in [-0.3, -0.25) is 4.79 Å². The summed E-state index contributed by atoms with van der Waals surface area (Å²) in [5.74, 6) is 0.0172. The van der Waals surface area contributed by atoms with Gasteiger partial charge in [-0.05, 0) is 59.5 Å². The molecule has 1 saturated heterocycles. The van der Waals surface area contributed by atoms with Gasteiger partial charge in [0.2, 0.25) is 5.91 Å². The standard InChI is InChI=1S/C18H28BNO3/c1-16(2,3)20-15(21)12-13-9-8-10-14(11-13)19-22-17(4,5)18(6,7)23-19/h8-11H,12H2,1-7H3,(H,20,21). The number of hydrogen-bond acceptors (Lipinski definition) is 3. The quantitative estimate of drug-likeness (QED) is 0.871. The van der Waals surface area contributed by atoms with Crippen molar-refractivity contribution in [2.24, 2.45) is 0 Å². The molecule has 1 aliphatic heterocycles. The first kappa shape index (κ1) is 18.0. The minimum absolute atomic E-state index is 0.0172. The lowest BCUT2D eigenvalue weighted by molar-refractivity contribution is -0.121. The molecule has 0 bridgehead atoms. The van der Waals surface area contributed by atoms with Gasteiger partial charge in [-0.1, -0.05) is 24.3 Å². The van der Waals surface area contributed by atoms with Crippen LogP contribution in [0.3, 0.4) is 0 Å². The molecule has 0 atom stereocenters. The van der Waals surface area contributed by atoms with Crippen LogP contribution in [0.15, 0.2) is 24.3 Å². The highest BCUT2D eigenvalue weighted by Crippen LogP contribution is 2.36. The van der Waals surface area contributed by atoms with Gasteiger partial charge in [0.25, 0.3) is 0 Å². The molecule has 1 aromatic carbocycles. The van der Waals surface area contributed by atoms with Crippen LogP contribution in [0.1, 0.15) is 54.0 Å². The summed E-state index contributed by atoms with van der Waals surface area (Å²) in [4.78, 5) is 12.1. The van der Waals surface area contributed by atoms with Crippen LogP contribution >= 0.6 is 0 Å². The number of amides is 1. The monoisotopic (exact) mass is 317 g/mol. The maximum Gasteiger partial charge on any atom is 0.494 e. The Morgan fingerprint density at radius 2 is 1.70 bits per heavy atom. The molecular weight excluding hydrogens is 289 g/mol. The summed E-state index contributed by atoms with van der Waals surface area (Å²) in [6.45, 7) is 14.1. The van der Waals surface area contributed by atoms with Gasteiger partial charge in [0, 0.05) is 5.54 Å². The maximum atomic E-state index is 12.1. The molecule has 0 unspecified atom stereocenters. The first-order chi connectivity index (χ1) is 10.4. The summed E-state index contributed by atoms with van der Waals surface area (Å²) in [5.41, 5.74) is 0.957. The van der Waals surface area contributed by atoms with E-state index in [-0.39, 0.29) is 22.6 Å². The highest BCUT2D eigenvalue weighted by Gasteiger charge is 2.51. The molecule has 1 N–H and O–H groups in total. The van der Waals surface area contributed by atoms with Crippen molar-refractivity contribution < 1.29 is 14.1 Å². The smallest absolute Gasteiger partial charge is 0.399 e. The number of hydrogen-bond donors (Lipinski definition) is 1. The van der Waals surface area contributed by atoms with Crippen molar-refractivity contribution in [3.8, 4) is 0 Å². The fraction of sp³-hybridized carbons (Fsp3) is 0.611. The van der Waals surface area contributed by atoms with Crippen molar-refractivity contribution in [2.75, 3.05) is 0 Å². The van der Waals surface area contributed by atoms with E-state index in [1.165, 1.54) is 0 Å². The van der Waals surface area contributed by atoms with Gasteiger partial charge in [0.05, 0.1) is 17.6 Å². The van der Waals surface area contributed by atoms with Crippen molar-refractivity contribution >= 4 is 18.5 Å². The molecule has 0 spiro atoms. The van der Waals surface area contributed by atoms with E-state index in [0.29, 0.717) is 6.42 Å². The third-order valence-corrected chi connectivity index (χ3v) is 4.36. The zero-order valence-electron chi connectivity index (χ0n) is 15.3. The Labute approximate surface area is 140 Å². The van der Waals surface area contributed by atoms with Crippen LogP contribution in [0.2, 0.25) is 0 Å². The van der Waals surface area contributed by atoms with Crippen molar-refractivity contribution in [1.82, 2.24) is 5.32 Å². The van der Waals surface area contributed by atoms with E-state index in [0.717, 1.165) is 11.0 Å². The molecule has 0 aromatic heterocycles. The van der Waals surface area contributed by atoms with Gasteiger partial charge in [0.1, 0.15) is 0 Å². The fourth-order valence-electron chi connectivity index (χ4n) is 2.48. The predicted molar refractivity (Wildman–Crippen MR) is 93.8 cm³/mol. The second-order valence-electron chi connectivity index (χ2n) is 8.31. The molecule has 1 aliphatic rings. The zero-order valence-corrected chi connectivity index (χ0v) is 15.3. The van der Waals surface area contributed by atoms with Crippen LogP contribution < -0.4 is 10.8 Å². The van der Waals surface area contributed by atoms with Crippen LogP contribution in [0, 0.1) is 0 Å². The van der Waals surface area contributed by atoms with Gasteiger partial charge in [-0.15, -0.1) is 0 Å². The Kier molecular flexibility index (Phi) is 4.66. The fourth-order valence-corrected chi connectivity index (χ4v) is 2.48. The molecule has 23 heavy (non-hydrogen) atoms. The van der Waals surface area contributed by atoms with E-state index in [1.54, 1.807) is 0 Å². The Hall–Kier alpha value is -1.33. The molecule has 4 nitrogen and oxygen atoms in total. The number of benzene rings is 1. The minimum atomic E-state index is -0.398. The second-order valence-corrected chi connectivity index (χ2v) is 8.31. The van der Waals surface area contributed by atoms with Crippen LogP contribution in [0.4, 0.5) is 0 Å². The van der Waals surface area contributed by atoms with E-state index in [1.807, 2.05) is 72.7 Å². The van der Waals surface area contributed by atoms with E-state index < -0.39 is 7.12 Å². The normalized spacial score (nSPS) is 19.7. The lowest BCUT2D eigenvalue weighted by Crippen LogP contribution is -2.41. The van der Waals surface area contributed by atoms with Crippen molar-refractivity contribution in [3.05, 3.63) is 29.8 Å². The molecular formula is C18H28BNO3. The molecule has 0 radical (unpaired) electrons. The number of carbonyl (C=O) groups excluding carboxylic acids is 1. The summed E-state index contributed by atoms with van der Waals surface area (Å²) in [7, 11) is -0.398. The van der Waals surface area contributed by atoms with Gasteiger partial charge < -0.3 is 14.6 Å². The summed E-state index contributed by atoms with van der Waals surface area (Å²) >= 11 is 0. The molecule has 1 fully saturated rings. The summed E-state index contributed by atoms with van der Waals surface area (Å²) < 4.78 is 12.1. The molecule has 5 heteroatoms. The van der Waals surface area contributed by atoms with Gasteiger partial charge in [-0.25, -0.2) is 0 Å². The third-order valence-electron chi connectivity index (χ3n) is 4.36. The van der Waals surface area contributed by atoms with Gasteiger partial charge in [-0.2, -0.15) is 0 Å². The van der Waals surface area contributed by atoms with Crippen LogP contribution in [0.25, 0.3) is 0 Å². The van der Waals surface area contributed by atoms with E-state index in [4.69, 9.17) is 9.31 Å². The van der Waals surface area contributed by atoms with Crippen LogP contribution in [-0.2, 0) is 20.5 Å². The zero-order chi connectivity index (χ0) is 17.5. The number of nitrogens with one attached hydrogen (secondary N) is 1. The minimum Gasteiger partial charge on any atom is -0.399 e. The van der Waals surface area contributed by atoms with Crippen molar-refractivity contribution in [3.63, 3.8) is 0 Å². The highest BCUT2D eigenvalue weighted by atomic mass is 16.7. The number of rotatable bonds is 3. The molecule has 0 saturated carbocycles. The van der Waals surface area contributed by atoms with E-state index in [9.17, 15) is 4.79 Å². The lowest BCUT2D eigenvalue weighted by Gasteiger charge is -2.32. The molecule has 2 rings (SSSR count). The molecule has 1 amide bonds. The highest BCUT2D eigenvalue weighted by molar-refractivity contribution is 6.62. The van der Waals surface area contributed by atoms with Gasteiger partial charge in [0.15, 0.2) is 0 Å².